The number of hydrogen-bond donors (Lipinski definition) is 0. The average molecular weight is 257 g/mol. The van der Waals surface area contributed by atoms with Crippen LogP contribution in [0.4, 0.5) is 0 Å². The number of rotatable bonds is 3. The van der Waals surface area contributed by atoms with Crippen LogP contribution in [-0.4, -0.2) is 29.7 Å². The molecule has 0 spiro atoms. The minimum Gasteiger partial charge on any atom is -0.464 e. The van der Waals surface area contributed by atoms with Crippen molar-refractivity contribution in [1.29, 1.82) is 0 Å². The van der Waals surface area contributed by atoms with Gasteiger partial charge in [0.15, 0.2) is 5.78 Å². The predicted octanol–water partition coefficient (Wildman–Crippen LogP) is 2.48. The van der Waals surface area contributed by atoms with Gasteiger partial charge in [-0.25, -0.2) is 0 Å². The molecule has 2 heterocycles. The summed E-state index contributed by atoms with van der Waals surface area (Å²) in [6.45, 7) is 2.84. The Balaban J connectivity index is 1.83. The molecular formula is C15H15NO3. The number of nitrogens with zero attached hydrogens (tertiary/aromatic N) is 1. The molecule has 0 bridgehead atoms. The van der Waals surface area contributed by atoms with Crippen LogP contribution in [0.2, 0.25) is 0 Å². The van der Waals surface area contributed by atoms with Gasteiger partial charge in [0.25, 0.3) is 0 Å². The summed E-state index contributed by atoms with van der Waals surface area (Å²) in [5.41, 5.74) is 1.26. The monoisotopic (exact) mass is 257 g/mol. The second kappa shape index (κ2) is 4.53. The number of para-hydroxylation sites is 1. The van der Waals surface area contributed by atoms with E-state index in [1.165, 1.54) is 6.26 Å². The zero-order chi connectivity index (χ0) is 13.4. The van der Waals surface area contributed by atoms with E-state index in [-0.39, 0.29) is 18.2 Å². The van der Waals surface area contributed by atoms with Crippen LogP contribution in [0.1, 0.15) is 23.7 Å². The lowest BCUT2D eigenvalue weighted by atomic mass is 10.1. The number of Topliss-reactive ketones (excluding diaryl/α,β-unsaturated/α-hetero) is 1. The van der Waals surface area contributed by atoms with Gasteiger partial charge in [-0.1, -0.05) is 25.1 Å². The van der Waals surface area contributed by atoms with E-state index in [0.29, 0.717) is 30.0 Å². The maximum Gasteiger partial charge on any atom is 0.223 e. The number of ketones is 1. The molecule has 2 aromatic rings. The molecule has 98 valence electrons. The van der Waals surface area contributed by atoms with Gasteiger partial charge < -0.3 is 9.32 Å². The standard InChI is InChI=1S/C15H15NO3/c1-10-6-15(18)16(7-10)8-13(17)12-9-19-14-5-3-2-4-11(12)14/h2-5,9-10H,6-8H2,1H3. The van der Waals surface area contributed by atoms with E-state index < -0.39 is 0 Å². The zero-order valence-electron chi connectivity index (χ0n) is 10.8. The summed E-state index contributed by atoms with van der Waals surface area (Å²) in [6.07, 6.45) is 2.02. The van der Waals surface area contributed by atoms with Crippen LogP contribution in [-0.2, 0) is 4.79 Å². The van der Waals surface area contributed by atoms with Crippen molar-refractivity contribution in [3.8, 4) is 0 Å². The minimum atomic E-state index is -0.0626. The Hall–Kier alpha value is -2.10. The molecule has 3 rings (SSSR count). The first kappa shape index (κ1) is 12.0. The highest BCUT2D eigenvalue weighted by molar-refractivity contribution is 6.08. The van der Waals surface area contributed by atoms with E-state index in [0.717, 1.165) is 5.39 Å². The molecule has 0 saturated carbocycles. The molecule has 1 aliphatic rings. The minimum absolute atomic E-state index is 0.0626. The second-order valence-electron chi connectivity index (χ2n) is 5.15. The van der Waals surface area contributed by atoms with Gasteiger partial charge in [0, 0.05) is 18.4 Å². The Morgan fingerprint density at radius 1 is 1.42 bits per heavy atom. The number of carbonyl (C=O) groups excluding carboxylic acids is 2. The highest BCUT2D eigenvalue weighted by atomic mass is 16.3. The third-order valence-electron chi connectivity index (χ3n) is 3.52. The van der Waals surface area contributed by atoms with Gasteiger partial charge in [-0.05, 0) is 12.0 Å². The van der Waals surface area contributed by atoms with E-state index in [9.17, 15) is 9.59 Å². The van der Waals surface area contributed by atoms with Crippen molar-refractivity contribution in [3.05, 3.63) is 36.1 Å². The molecule has 4 nitrogen and oxygen atoms in total. The lowest BCUT2D eigenvalue weighted by Gasteiger charge is -2.14. The summed E-state index contributed by atoms with van der Waals surface area (Å²) < 4.78 is 5.36. The number of fused-ring (bicyclic) bond motifs is 1. The Labute approximate surface area is 111 Å². The van der Waals surface area contributed by atoms with Crippen LogP contribution in [0.15, 0.2) is 34.9 Å². The summed E-state index contributed by atoms with van der Waals surface area (Å²) in [4.78, 5) is 25.6. The lowest BCUT2D eigenvalue weighted by Crippen LogP contribution is -2.31. The van der Waals surface area contributed by atoms with E-state index >= 15 is 0 Å². The van der Waals surface area contributed by atoms with E-state index in [1.807, 2.05) is 31.2 Å². The maximum absolute atomic E-state index is 12.3. The topological polar surface area (TPSA) is 50.5 Å². The molecule has 1 aromatic heterocycles. The van der Waals surface area contributed by atoms with Crippen LogP contribution >= 0.6 is 0 Å². The molecule has 1 fully saturated rings. The number of furan rings is 1. The number of amides is 1. The molecule has 0 aliphatic carbocycles. The van der Waals surface area contributed by atoms with Crippen LogP contribution in [0.5, 0.6) is 0 Å². The van der Waals surface area contributed by atoms with Gasteiger partial charge in [-0.3, -0.25) is 9.59 Å². The number of benzene rings is 1. The SMILES string of the molecule is CC1CC(=O)N(CC(=O)c2coc3ccccc23)C1. The normalized spacial score (nSPS) is 19.3. The van der Waals surface area contributed by atoms with Crippen LogP contribution in [0.3, 0.4) is 0 Å². The lowest BCUT2D eigenvalue weighted by molar-refractivity contribution is -0.127. The molecule has 1 amide bonds. The fourth-order valence-electron chi connectivity index (χ4n) is 2.57. The maximum atomic E-state index is 12.3. The van der Waals surface area contributed by atoms with Crippen molar-refractivity contribution < 1.29 is 14.0 Å². The molecule has 1 aliphatic heterocycles. The van der Waals surface area contributed by atoms with Crippen molar-refractivity contribution in [2.24, 2.45) is 5.92 Å². The van der Waals surface area contributed by atoms with E-state index in [1.54, 1.807) is 4.90 Å². The van der Waals surface area contributed by atoms with E-state index in [4.69, 9.17) is 4.42 Å². The van der Waals surface area contributed by atoms with Gasteiger partial charge in [0.05, 0.1) is 12.1 Å². The third kappa shape index (κ3) is 2.14. The third-order valence-corrected chi connectivity index (χ3v) is 3.52. The molecule has 1 unspecified atom stereocenters. The summed E-state index contributed by atoms with van der Waals surface area (Å²) >= 11 is 0. The first-order valence-corrected chi connectivity index (χ1v) is 6.42. The highest BCUT2D eigenvalue weighted by Gasteiger charge is 2.28. The van der Waals surface area contributed by atoms with Gasteiger partial charge in [-0.15, -0.1) is 0 Å². The smallest absolute Gasteiger partial charge is 0.223 e. The first-order valence-electron chi connectivity index (χ1n) is 6.42. The Morgan fingerprint density at radius 3 is 2.95 bits per heavy atom. The number of carbonyl (C=O) groups is 2. The van der Waals surface area contributed by atoms with Crippen LogP contribution < -0.4 is 0 Å². The fourth-order valence-corrected chi connectivity index (χ4v) is 2.57. The van der Waals surface area contributed by atoms with Gasteiger partial charge >= 0.3 is 0 Å². The largest absolute Gasteiger partial charge is 0.464 e. The van der Waals surface area contributed by atoms with Gasteiger partial charge in [0.2, 0.25) is 5.91 Å². The molecule has 0 radical (unpaired) electrons. The molecule has 1 atom stereocenters. The molecule has 1 aromatic carbocycles. The van der Waals surface area contributed by atoms with E-state index in [2.05, 4.69) is 0 Å². The quantitative estimate of drug-likeness (QED) is 0.794. The first-order chi connectivity index (χ1) is 9.15. The van der Waals surface area contributed by atoms with Crippen LogP contribution in [0.25, 0.3) is 11.0 Å². The molecule has 1 saturated heterocycles. The second-order valence-corrected chi connectivity index (χ2v) is 5.15. The Kier molecular flexibility index (Phi) is 2.85. The number of likely N-dealkylation sites (tertiary alicyclic amines) is 1. The molecule has 4 heteroatoms. The Morgan fingerprint density at radius 2 is 2.21 bits per heavy atom. The summed E-state index contributed by atoms with van der Waals surface area (Å²) in [7, 11) is 0. The summed E-state index contributed by atoms with van der Waals surface area (Å²) in [5.74, 6) is 0.336. The van der Waals surface area contributed by atoms with Crippen molar-refractivity contribution in [2.75, 3.05) is 13.1 Å². The summed E-state index contributed by atoms with van der Waals surface area (Å²) in [6, 6.07) is 7.43. The Bertz CT molecular complexity index is 644. The highest BCUT2D eigenvalue weighted by Crippen LogP contribution is 2.23. The molecular weight excluding hydrogens is 242 g/mol. The van der Waals surface area contributed by atoms with Crippen molar-refractivity contribution in [3.63, 3.8) is 0 Å². The van der Waals surface area contributed by atoms with Gasteiger partial charge in [0.1, 0.15) is 11.8 Å². The van der Waals surface area contributed by atoms with Crippen molar-refractivity contribution in [2.45, 2.75) is 13.3 Å². The van der Waals surface area contributed by atoms with Crippen molar-refractivity contribution >= 4 is 22.7 Å². The molecule has 0 N–H and O–H groups in total. The van der Waals surface area contributed by atoms with Crippen molar-refractivity contribution in [1.82, 2.24) is 4.90 Å². The number of hydrogen-bond acceptors (Lipinski definition) is 3. The van der Waals surface area contributed by atoms with Gasteiger partial charge in [-0.2, -0.15) is 0 Å². The van der Waals surface area contributed by atoms with Crippen LogP contribution in [0, 0.1) is 5.92 Å². The summed E-state index contributed by atoms with van der Waals surface area (Å²) in [5, 5.41) is 0.812. The zero-order valence-corrected chi connectivity index (χ0v) is 10.8. The fraction of sp³-hybridized carbons (Fsp3) is 0.333. The predicted molar refractivity (Wildman–Crippen MR) is 70.9 cm³/mol. The molecule has 19 heavy (non-hydrogen) atoms. The average Bonchev–Trinajstić information content (AvgIpc) is 2.93.